The number of fused-ring (bicyclic) bond motifs is 2. The lowest BCUT2D eigenvalue weighted by Gasteiger charge is -2.42. The van der Waals surface area contributed by atoms with Gasteiger partial charge in [-0.2, -0.15) is 0 Å². The molecular weight excluding hydrogens is 1050 g/mol. The molecular formula is C62H86N8O12. The van der Waals surface area contributed by atoms with Crippen molar-refractivity contribution in [3.8, 4) is 23.8 Å². The summed E-state index contributed by atoms with van der Waals surface area (Å²) >= 11 is 0. The van der Waals surface area contributed by atoms with Gasteiger partial charge in [0.05, 0.1) is 29.0 Å². The summed E-state index contributed by atoms with van der Waals surface area (Å²) in [6, 6.07) is 15.5. The van der Waals surface area contributed by atoms with Gasteiger partial charge in [-0.25, -0.2) is 14.4 Å². The Hall–Kier alpha value is -7.53. The third-order valence-corrected chi connectivity index (χ3v) is 14.3. The first kappa shape index (κ1) is 63.6. The van der Waals surface area contributed by atoms with Gasteiger partial charge in [-0.3, -0.25) is 19.2 Å². The van der Waals surface area contributed by atoms with Crippen LogP contribution in [0, 0.1) is 12.3 Å². The molecule has 0 saturated carbocycles. The van der Waals surface area contributed by atoms with Crippen molar-refractivity contribution in [3.63, 3.8) is 0 Å². The second-order valence-corrected chi connectivity index (χ2v) is 23.7. The normalized spacial score (nSPS) is 18.9. The maximum atomic E-state index is 14.3. The van der Waals surface area contributed by atoms with Crippen molar-refractivity contribution in [2.75, 3.05) is 62.2 Å². The van der Waals surface area contributed by atoms with Gasteiger partial charge in [0.25, 0.3) is 23.6 Å². The van der Waals surface area contributed by atoms with E-state index in [1.54, 1.807) is 51.6 Å². The van der Waals surface area contributed by atoms with Crippen LogP contribution in [0.2, 0.25) is 0 Å². The number of carbonyl (C=O) groups is 7. The highest BCUT2D eigenvalue weighted by molar-refractivity contribution is 6.05. The molecule has 0 radical (unpaired) electrons. The van der Waals surface area contributed by atoms with E-state index in [9.17, 15) is 33.6 Å². The molecule has 4 aliphatic rings. The number of nitrogens with zero attached hydrogens (tertiary/aromatic N) is 6. The number of aryl methyl sites for hydroxylation is 1. The predicted octanol–water partition coefficient (Wildman–Crippen LogP) is 8.53. The smallest absolute Gasteiger partial charge is 0.410 e. The van der Waals surface area contributed by atoms with Crippen LogP contribution in [0.25, 0.3) is 0 Å². The average Bonchev–Trinajstić information content (AvgIpc) is 3.41. The Balaban J connectivity index is 0.000000272. The number of amides is 7. The number of carbonyl (C=O) groups excluding carboxylic acids is 7. The first-order chi connectivity index (χ1) is 38.7. The number of nitrogens with two attached hydrogens (primary N) is 1. The minimum atomic E-state index is -0.794. The Morgan fingerprint density at radius 1 is 0.732 bits per heavy atom. The van der Waals surface area contributed by atoms with Crippen LogP contribution < -0.4 is 30.3 Å². The summed E-state index contributed by atoms with van der Waals surface area (Å²) < 4.78 is 28.2. The first-order valence-corrected chi connectivity index (χ1v) is 28.7. The molecule has 0 unspecified atom stereocenters. The standard InChI is InChI=1S/C35H44N4O7.C27H42N4O5/c1-8-26-19-30-29(38(31(40)24(4)45-30)18-16-36-33(42)44-22-25-13-10-9-11-14-25)20-28(26)32(41)39(23(2)3)27-15-12-17-37(21-27)34(43)46-35(5,6)7;1-8-19-14-23-22(30(13-11-28)24(32)18(4)35-23)15-21(19)25(33)31(17(2)3)20-10-9-12-29(16-20)26(34)36-27(5,6)7/h1,9-11,13-14,19-20,23-24,27H,12,15-18,21-22H2,2-7H3,(H,36,42);14-15,17-18,20H,8-13,16,28H2,1-7H3/t24-,27-;18-,20-/m11/s1. The molecule has 3 N–H and O–H groups in total. The fraction of sp³-hybridized carbons (Fsp3) is 0.565. The van der Waals surface area contributed by atoms with Gasteiger partial charge >= 0.3 is 18.3 Å². The summed E-state index contributed by atoms with van der Waals surface area (Å²) in [7, 11) is 0. The molecule has 0 aromatic heterocycles. The molecule has 20 heteroatoms. The topological polar surface area (TPSA) is 223 Å². The second kappa shape index (κ2) is 27.5. The summed E-state index contributed by atoms with van der Waals surface area (Å²) in [6.07, 6.45) is 6.75. The molecule has 0 aliphatic carbocycles. The Bertz CT molecular complexity index is 2840. The molecule has 82 heavy (non-hydrogen) atoms. The van der Waals surface area contributed by atoms with E-state index in [0.717, 1.165) is 24.0 Å². The van der Waals surface area contributed by atoms with Crippen molar-refractivity contribution in [1.29, 1.82) is 0 Å². The Kier molecular flexibility index (Phi) is 21.3. The van der Waals surface area contributed by atoms with Gasteiger partial charge in [-0.1, -0.05) is 43.2 Å². The summed E-state index contributed by atoms with van der Waals surface area (Å²) in [4.78, 5) is 102. The van der Waals surface area contributed by atoms with Gasteiger partial charge in [-0.15, -0.1) is 6.42 Å². The number of anilines is 2. The van der Waals surface area contributed by atoms with Crippen molar-refractivity contribution < 1.29 is 57.2 Å². The summed E-state index contributed by atoms with van der Waals surface area (Å²) in [6.45, 7) is 27.1. The number of terminal acetylenes is 1. The van der Waals surface area contributed by atoms with Crippen LogP contribution in [-0.4, -0.2) is 161 Å². The SMILES string of the molecule is C#Cc1cc2c(cc1C(=O)N(C(C)C)[C@@H]1CCCN(C(=O)OC(C)(C)C)C1)N(CCNC(=O)OCc1ccccc1)C(=O)[C@@H](C)O2.CCc1cc2c(cc1C(=O)N(C(C)C)[C@@H]1CCCN(C(=O)OC(C)(C)C)C1)N(CCN)C(=O)[C@@H](C)O2. The number of ether oxygens (including phenoxy) is 5. The number of hydrogen-bond donors (Lipinski definition) is 2. The highest BCUT2D eigenvalue weighted by Crippen LogP contribution is 2.40. The fourth-order valence-electron chi connectivity index (χ4n) is 10.6. The number of alkyl carbamates (subject to hydrolysis) is 1. The largest absolute Gasteiger partial charge is 0.479 e. The van der Waals surface area contributed by atoms with E-state index in [1.165, 1.54) is 4.90 Å². The van der Waals surface area contributed by atoms with E-state index < -0.39 is 35.6 Å². The van der Waals surface area contributed by atoms with Gasteiger partial charge in [-0.05, 0) is 151 Å². The maximum absolute atomic E-state index is 14.3. The van der Waals surface area contributed by atoms with Crippen LogP contribution in [0.15, 0.2) is 54.6 Å². The van der Waals surface area contributed by atoms with Crippen LogP contribution in [0.3, 0.4) is 0 Å². The predicted molar refractivity (Wildman–Crippen MR) is 313 cm³/mol. The van der Waals surface area contributed by atoms with Crippen LogP contribution in [0.4, 0.5) is 25.8 Å². The summed E-state index contributed by atoms with van der Waals surface area (Å²) in [5, 5.41) is 2.68. The molecule has 0 bridgehead atoms. The average molecular weight is 1140 g/mol. The zero-order valence-electron chi connectivity index (χ0n) is 50.3. The highest BCUT2D eigenvalue weighted by atomic mass is 16.6. The molecule has 4 atom stereocenters. The molecule has 7 rings (SSSR count). The van der Waals surface area contributed by atoms with Gasteiger partial charge in [0.15, 0.2) is 12.2 Å². The number of likely N-dealkylation sites (tertiary alicyclic amines) is 2. The molecule has 20 nitrogen and oxygen atoms in total. The number of rotatable bonds is 14. The van der Waals surface area contributed by atoms with Crippen LogP contribution in [0.1, 0.15) is 153 Å². The molecule has 3 aromatic rings. The van der Waals surface area contributed by atoms with Crippen molar-refractivity contribution >= 4 is 53.3 Å². The Labute approximate surface area is 484 Å². The number of hydrogen-bond acceptors (Lipinski definition) is 13. The van der Waals surface area contributed by atoms with Gasteiger partial charge in [0.1, 0.15) is 29.3 Å². The van der Waals surface area contributed by atoms with E-state index in [4.69, 9.17) is 35.8 Å². The molecule has 7 amide bonds. The molecule has 4 heterocycles. The van der Waals surface area contributed by atoms with Crippen molar-refractivity contribution in [3.05, 3.63) is 82.4 Å². The van der Waals surface area contributed by atoms with Crippen molar-refractivity contribution in [2.45, 2.75) is 176 Å². The lowest BCUT2D eigenvalue weighted by molar-refractivity contribution is -0.126. The third kappa shape index (κ3) is 15.9. The quantitative estimate of drug-likeness (QED) is 0.114. The lowest BCUT2D eigenvalue weighted by atomic mass is 9.97. The van der Waals surface area contributed by atoms with E-state index in [1.807, 2.05) is 117 Å². The van der Waals surface area contributed by atoms with Gasteiger partial charge < -0.3 is 64.1 Å². The minimum absolute atomic E-state index is 0.0834. The molecule has 4 aliphatic heterocycles. The molecule has 2 saturated heterocycles. The third-order valence-electron chi connectivity index (χ3n) is 14.3. The Morgan fingerprint density at radius 3 is 1.67 bits per heavy atom. The van der Waals surface area contributed by atoms with Crippen LogP contribution in [-0.2, 0) is 36.8 Å². The van der Waals surface area contributed by atoms with Crippen molar-refractivity contribution in [2.24, 2.45) is 5.73 Å². The number of nitrogens with one attached hydrogen (secondary N) is 1. The lowest BCUT2D eigenvalue weighted by Crippen LogP contribution is -2.54. The molecule has 2 fully saturated rings. The van der Waals surface area contributed by atoms with E-state index in [0.29, 0.717) is 92.5 Å². The monoisotopic (exact) mass is 1130 g/mol. The van der Waals surface area contributed by atoms with Gasteiger partial charge in [0, 0.05) is 75.6 Å². The summed E-state index contributed by atoms with van der Waals surface area (Å²) in [5.74, 6) is 2.66. The first-order valence-electron chi connectivity index (χ1n) is 28.7. The fourth-order valence-corrected chi connectivity index (χ4v) is 10.6. The van der Waals surface area contributed by atoms with Crippen LogP contribution in [0.5, 0.6) is 11.5 Å². The minimum Gasteiger partial charge on any atom is -0.479 e. The van der Waals surface area contributed by atoms with Crippen molar-refractivity contribution in [1.82, 2.24) is 24.9 Å². The zero-order chi connectivity index (χ0) is 60.4. The van der Waals surface area contributed by atoms with E-state index in [2.05, 4.69) is 11.2 Å². The summed E-state index contributed by atoms with van der Waals surface area (Å²) in [5.41, 5.74) is 8.37. The number of piperidine rings is 2. The maximum Gasteiger partial charge on any atom is 0.410 e. The van der Waals surface area contributed by atoms with E-state index in [-0.39, 0.29) is 79.1 Å². The van der Waals surface area contributed by atoms with Crippen LogP contribution >= 0.6 is 0 Å². The molecule has 0 spiro atoms. The van der Waals surface area contributed by atoms with E-state index >= 15 is 0 Å². The Morgan fingerprint density at radius 2 is 1.21 bits per heavy atom. The molecule has 3 aromatic carbocycles. The second-order valence-electron chi connectivity index (χ2n) is 23.7. The highest BCUT2D eigenvalue weighted by Gasteiger charge is 2.40. The van der Waals surface area contributed by atoms with Gasteiger partial charge in [0.2, 0.25) is 0 Å². The zero-order valence-corrected chi connectivity index (χ0v) is 50.3. The number of benzene rings is 3. The molecule has 446 valence electrons.